The first-order valence-corrected chi connectivity index (χ1v) is 7.26. The maximum absolute atomic E-state index is 12.1. The van der Waals surface area contributed by atoms with Gasteiger partial charge in [0.2, 0.25) is 0 Å². The number of rotatable bonds is 4. The van der Waals surface area contributed by atoms with Gasteiger partial charge in [-0.3, -0.25) is 9.59 Å². The zero-order valence-electron chi connectivity index (χ0n) is 11.4. The van der Waals surface area contributed by atoms with Crippen molar-refractivity contribution in [1.29, 1.82) is 0 Å². The molecule has 0 radical (unpaired) electrons. The zero-order valence-corrected chi connectivity index (χ0v) is 13.0. The first-order valence-electron chi connectivity index (χ1n) is 6.46. The number of benzene rings is 2. The smallest absolute Gasteiger partial charge is 0.310 e. The molecule has 0 atom stereocenters. The largest absolute Gasteiger partial charge is 0.427 e. The van der Waals surface area contributed by atoms with Crippen molar-refractivity contribution in [2.75, 3.05) is 5.32 Å². The molecule has 0 heterocycles. The molecule has 0 aliphatic rings. The Balaban J connectivity index is 2.06. The second kappa shape index (κ2) is 7.04. The molecule has 0 aromatic heterocycles. The number of ether oxygens (including phenoxy) is 1. The number of hydrogen-bond acceptors (Lipinski definition) is 3. The van der Waals surface area contributed by atoms with E-state index in [-0.39, 0.29) is 11.9 Å². The van der Waals surface area contributed by atoms with Crippen molar-refractivity contribution >= 4 is 33.5 Å². The van der Waals surface area contributed by atoms with Gasteiger partial charge >= 0.3 is 5.97 Å². The quantitative estimate of drug-likeness (QED) is 0.671. The van der Waals surface area contributed by atoms with Gasteiger partial charge < -0.3 is 10.1 Å². The predicted molar refractivity (Wildman–Crippen MR) is 84.5 cm³/mol. The van der Waals surface area contributed by atoms with Crippen LogP contribution in [0.2, 0.25) is 0 Å². The lowest BCUT2D eigenvalue weighted by atomic mass is 10.2. The van der Waals surface area contributed by atoms with Crippen LogP contribution in [0.1, 0.15) is 23.7 Å². The first-order chi connectivity index (χ1) is 10.1. The van der Waals surface area contributed by atoms with Crippen LogP contribution in [-0.4, -0.2) is 11.9 Å². The van der Waals surface area contributed by atoms with Crippen LogP contribution in [0.4, 0.5) is 5.69 Å². The number of carbonyl (C=O) groups excluding carboxylic acids is 2. The minimum absolute atomic E-state index is 0.227. The third-order valence-electron chi connectivity index (χ3n) is 2.76. The highest BCUT2D eigenvalue weighted by Gasteiger charge is 2.09. The number of hydrogen-bond donors (Lipinski definition) is 1. The summed E-state index contributed by atoms with van der Waals surface area (Å²) in [7, 11) is 0. The molecule has 2 rings (SSSR count). The fraction of sp³-hybridized carbons (Fsp3) is 0.125. The second-order valence-electron chi connectivity index (χ2n) is 4.29. The fourth-order valence-corrected chi connectivity index (χ4v) is 2.02. The minimum atomic E-state index is -0.305. The van der Waals surface area contributed by atoms with Crippen LogP contribution in [-0.2, 0) is 4.79 Å². The Bertz CT molecular complexity index is 653. The van der Waals surface area contributed by atoms with E-state index in [0.29, 0.717) is 23.4 Å². The van der Waals surface area contributed by atoms with Crippen molar-refractivity contribution in [3.8, 4) is 5.75 Å². The van der Waals surface area contributed by atoms with E-state index in [0.717, 1.165) is 4.47 Å². The van der Waals surface area contributed by atoms with Crippen LogP contribution in [0.25, 0.3) is 0 Å². The average Bonchev–Trinajstić information content (AvgIpc) is 2.50. The maximum atomic E-state index is 12.1. The van der Waals surface area contributed by atoms with Crippen LogP contribution in [0.15, 0.2) is 53.0 Å². The molecule has 1 N–H and O–H groups in total. The summed E-state index contributed by atoms with van der Waals surface area (Å²) in [4.78, 5) is 23.3. The van der Waals surface area contributed by atoms with E-state index in [1.54, 1.807) is 37.3 Å². The molecule has 0 fully saturated rings. The van der Waals surface area contributed by atoms with Gasteiger partial charge in [0.25, 0.3) is 5.91 Å². The van der Waals surface area contributed by atoms with E-state index in [4.69, 9.17) is 4.74 Å². The fourth-order valence-electron chi connectivity index (χ4n) is 1.64. The van der Waals surface area contributed by atoms with Gasteiger partial charge in [-0.2, -0.15) is 0 Å². The number of para-hydroxylation sites is 1. The molecular formula is C16H14BrNO3. The molecular weight excluding hydrogens is 334 g/mol. The lowest BCUT2D eigenvalue weighted by Gasteiger charge is -2.08. The second-order valence-corrected chi connectivity index (χ2v) is 5.14. The summed E-state index contributed by atoms with van der Waals surface area (Å²) in [5.74, 6) is -0.102. The monoisotopic (exact) mass is 347 g/mol. The summed E-state index contributed by atoms with van der Waals surface area (Å²) >= 11 is 3.37. The number of anilines is 1. The van der Waals surface area contributed by atoms with Crippen LogP contribution in [0.3, 0.4) is 0 Å². The Kier molecular flexibility index (Phi) is 5.11. The van der Waals surface area contributed by atoms with Crippen molar-refractivity contribution in [3.63, 3.8) is 0 Å². The number of nitrogens with one attached hydrogen (secondary N) is 1. The molecule has 0 bridgehead atoms. The van der Waals surface area contributed by atoms with Crippen molar-refractivity contribution in [2.24, 2.45) is 0 Å². The molecule has 108 valence electrons. The molecule has 0 saturated heterocycles. The lowest BCUT2D eigenvalue weighted by molar-refractivity contribution is -0.134. The van der Waals surface area contributed by atoms with Gasteiger partial charge in [-0.1, -0.05) is 19.1 Å². The molecule has 0 spiro atoms. The molecule has 1 amide bonds. The Morgan fingerprint density at radius 1 is 1.10 bits per heavy atom. The van der Waals surface area contributed by atoms with Gasteiger partial charge in [0, 0.05) is 16.5 Å². The maximum Gasteiger partial charge on any atom is 0.310 e. The zero-order chi connectivity index (χ0) is 15.2. The van der Waals surface area contributed by atoms with E-state index in [1.807, 2.05) is 18.2 Å². The topological polar surface area (TPSA) is 55.4 Å². The van der Waals surface area contributed by atoms with Crippen LogP contribution in [0.5, 0.6) is 5.75 Å². The SMILES string of the molecule is CCC(=O)Oc1ccc(C(=O)Nc2ccccc2Br)cc1. The van der Waals surface area contributed by atoms with E-state index < -0.39 is 0 Å². The Labute approximate surface area is 131 Å². The molecule has 0 aliphatic heterocycles. The van der Waals surface area contributed by atoms with E-state index in [2.05, 4.69) is 21.2 Å². The lowest BCUT2D eigenvalue weighted by Crippen LogP contribution is -2.12. The molecule has 0 unspecified atom stereocenters. The van der Waals surface area contributed by atoms with Gasteiger partial charge in [-0.25, -0.2) is 0 Å². The molecule has 0 saturated carbocycles. The number of esters is 1. The normalized spacial score (nSPS) is 10.0. The third kappa shape index (κ3) is 4.16. The highest BCUT2D eigenvalue weighted by Crippen LogP contribution is 2.22. The van der Waals surface area contributed by atoms with Gasteiger partial charge in [0.05, 0.1) is 5.69 Å². The highest BCUT2D eigenvalue weighted by atomic mass is 79.9. The van der Waals surface area contributed by atoms with Crippen molar-refractivity contribution in [3.05, 3.63) is 58.6 Å². The third-order valence-corrected chi connectivity index (χ3v) is 3.45. The summed E-state index contributed by atoms with van der Waals surface area (Å²) < 4.78 is 5.87. The Morgan fingerprint density at radius 2 is 1.76 bits per heavy atom. The number of halogens is 1. The van der Waals surface area contributed by atoms with Gasteiger partial charge in [0.1, 0.15) is 5.75 Å². The molecule has 5 heteroatoms. The predicted octanol–water partition coefficient (Wildman–Crippen LogP) is 4.02. The van der Waals surface area contributed by atoms with Crippen LogP contribution >= 0.6 is 15.9 Å². The van der Waals surface area contributed by atoms with Gasteiger partial charge in [-0.05, 0) is 52.3 Å². The molecule has 21 heavy (non-hydrogen) atoms. The van der Waals surface area contributed by atoms with E-state index in [1.165, 1.54) is 0 Å². The summed E-state index contributed by atoms with van der Waals surface area (Å²) in [6, 6.07) is 13.8. The van der Waals surface area contributed by atoms with Gasteiger partial charge in [-0.15, -0.1) is 0 Å². The summed E-state index contributed by atoms with van der Waals surface area (Å²) in [6.45, 7) is 1.72. The first kappa shape index (κ1) is 15.3. The summed E-state index contributed by atoms with van der Waals surface area (Å²) in [5, 5.41) is 2.80. The molecule has 4 nitrogen and oxygen atoms in total. The van der Waals surface area contributed by atoms with E-state index in [9.17, 15) is 9.59 Å². The summed E-state index contributed by atoms with van der Waals surface area (Å²) in [5.41, 5.74) is 1.19. The average molecular weight is 348 g/mol. The Morgan fingerprint density at radius 3 is 2.38 bits per heavy atom. The Hall–Kier alpha value is -2.14. The van der Waals surface area contributed by atoms with Crippen molar-refractivity contribution in [2.45, 2.75) is 13.3 Å². The molecule has 2 aromatic carbocycles. The number of amides is 1. The molecule has 0 aliphatic carbocycles. The summed E-state index contributed by atoms with van der Waals surface area (Å²) in [6.07, 6.45) is 0.310. The van der Waals surface area contributed by atoms with E-state index >= 15 is 0 Å². The van der Waals surface area contributed by atoms with Crippen molar-refractivity contribution in [1.82, 2.24) is 0 Å². The van der Waals surface area contributed by atoms with Gasteiger partial charge in [0.15, 0.2) is 0 Å². The minimum Gasteiger partial charge on any atom is -0.427 e. The number of carbonyl (C=O) groups is 2. The van der Waals surface area contributed by atoms with Crippen LogP contribution in [0, 0.1) is 0 Å². The highest BCUT2D eigenvalue weighted by molar-refractivity contribution is 9.10. The standard InChI is InChI=1S/C16H14BrNO3/c1-2-15(19)21-12-9-7-11(8-10-12)16(20)18-14-6-4-3-5-13(14)17/h3-10H,2H2,1H3,(H,18,20). The van der Waals surface area contributed by atoms with Crippen LogP contribution < -0.4 is 10.1 Å². The van der Waals surface area contributed by atoms with Crippen molar-refractivity contribution < 1.29 is 14.3 Å². The molecule has 2 aromatic rings.